The Bertz CT molecular complexity index is 1740. The number of carbonyl (C=O) groups is 3. The first-order chi connectivity index (χ1) is 20.7. The molecule has 0 unspecified atom stereocenters. The number of carboxylic acids is 2. The van der Waals surface area contributed by atoms with Gasteiger partial charge in [0, 0.05) is 18.1 Å². The third-order valence-electron chi connectivity index (χ3n) is 6.57. The van der Waals surface area contributed by atoms with Crippen molar-refractivity contribution < 1.29 is 34.4 Å². The van der Waals surface area contributed by atoms with Crippen molar-refractivity contribution in [1.29, 1.82) is 0 Å². The van der Waals surface area contributed by atoms with Crippen LogP contribution in [0, 0.1) is 0 Å². The standard InChI is InChI=1S/C29H25N7O7/c1-3-4-26(38)16-10-22(24-13-35(33-31-24)18-5-7-20(28(39)40)17(9-18)15-37)30-23(11-16)25-14-36(34-32-25)19-6-8-21(29(41)42)27(12-19)43-2/h5-14,37H,3-4,15H2,1-2H3,(H,39,40)(H,41,42). The third-order valence-corrected chi connectivity index (χ3v) is 6.57. The van der Waals surface area contributed by atoms with Crippen molar-refractivity contribution in [3.8, 4) is 39.9 Å². The number of Topliss-reactive ketones (excluding diaryl/α,β-unsaturated/α-hetero) is 1. The van der Waals surface area contributed by atoms with Crippen LogP contribution in [0.15, 0.2) is 60.9 Å². The Labute approximate surface area is 243 Å². The van der Waals surface area contributed by atoms with E-state index in [9.17, 15) is 29.7 Å². The molecule has 43 heavy (non-hydrogen) atoms. The zero-order chi connectivity index (χ0) is 30.7. The number of aromatic nitrogens is 7. The minimum atomic E-state index is -1.16. The second kappa shape index (κ2) is 12.0. The van der Waals surface area contributed by atoms with Crippen LogP contribution in [0.2, 0.25) is 0 Å². The topological polar surface area (TPSA) is 195 Å². The number of aliphatic hydroxyl groups excluding tert-OH is 1. The second-order valence-corrected chi connectivity index (χ2v) is 9.39. The number of carbonyl (C=O) groups excluding carboxylic acids is 1. The predicted molar refractivity (Wildman–Crippen MR) is 151 cm³/mol. The molecule has 0 amide bonds. The van der Waals surface area contributed by atoms with Crippen molar-refractivity contribution in [2.24, 2.45) is 0 Å². The van der Waals surface area contributed by atoms with Crippen LogP contribution in [0.3, 0.4) is 0 Å². The van der Waals surface area contributed by atoms with Crippen LogP contribution in [-0.2, 0) is 6.61 Å². The number of aromatic carboxylic acids is 2. The summed E-state index contributed by atoms with van der Waals surface area (Å²) in [7, 11) is 1.37. The van der Waals surface area contributed by atoms with Gasteiger partial charge in [-0.15, -0.1) is 10.2 Å². The summed E-state index contributed by atoms with van der Waals surface area (Å²) in [5.74, 6) is -2.23. The molecule has 3 heterocycles. The second-order valence-electron chi connectivity index (χ2n) is 9.39. The molecule has 0 spiro atoms. The molecule has 0 bridgehead atoms. The summed E-state index contributed by atoms with van der Waals surface area (Å²) < 4.78 is 8.05. The first-order valence-corrected chi connectivity index (χ1v) is 13.0. The Morgan fingerprint density at radius 2 is 1.35 bits per heavy atom. The summed E-state index contributed by atoms with van der Waals surface area (Å²) in [6.07, 6.45) is 4.13. The molecule has 14 heteroatoms. The molecule has 5 rings (SSSR count). The maximum atomic E-state index is 12.9. The Morgan fingerprint density at radius 1 is 0.791 bits per heavy atom. The smallest absolute Gasteiger partial charge is 0.339 e. The Kier molecular flexibility index (Phi) is 8.03. The lowest BCUT2D eigenvalue weighted by Gasteiger charge is -2.07. The van der Waals surface area contributed by atoms with Gasteiger partial charge in [0.15, 0.2) is 5.78 Å². The number of ketones is 1. The lowest BCUT2D eigenvalue weighted by atomic mass is 10.0. The summed E-state index contributed by atoms with van der Waals surface area (Å²) in [4.78, 5) is 40.5. The number of methoxy groups -OCH3 is 1. The molecule has 14 nitrogen and oxygen atoms in total. The highest BCUT2D eigenvalue weighted by atomic mass is 16.5. The zero-order valence-corrected chi connectivity index (χ0v) is 23.0. The van der Waals surface area contributed by atoms with Gasteiger partial charge in [0.2, 0.25) is 0 Å². The number of aliphatic hydroxyl groups is 1. The monoisotopic (exact) mass is 583 g/mol. The van der Waals surface area contributed by atoms with Crippen LogP contribution < -0.4 is 4.74 Å². The zero-order valence-electron chi connectivity index (χ0n) is 23.0. The summed E-state index contributed by atoms with van der Waals surface area (Å²) in [5.41, 5.74) is 2.92. The van der Waals surface area contributed by atoms with E-state index in [0.717, 1.165) is 0 Å². The molecule has 218 valence electrons. The van der Waals surface area contributed by atoms with Crippen LogP contribution in [0.25, 0.3) is 34.2 Å². The van der Waals surface area contributed by atoms with Gasteiger partial charge in [0.25, 0.3) is 0 Å². The van der Waals surface area contributed by atoms with Crippen molar-refractivity contribution >= 4 is 17.7 Å². The number of benzene rings is 2. The average molecular weight is 584 g/mol. The molecule has 0 aliphatic rings. The van der Waals surface area contributed by atoms with E-state index < -0.39 is 18.5 Å². The number of ether oxygens (including phenoxy) is 1. The molecule has 0 atom stereocenters. The van der Waals surface area contributed by atoms with Gasteiger partial charge >= 0.3 is 11.9 Å². The number of nitrogens with zero attached hydrogens (tertiary/aromatic N) is 7. The molecule has 5 aromatic rings. The molecule has 3 aromatic heterocycles. The number of pyridine rings is 1. The van der Waals surface area contributed by atoms with Crippen molar-refractivity contribution in [3.63, 3.8) is 0 Å². The first kappa shape index (κ1) is 28.8. The molecule has 2 aromatic carbocycles. The fourth-order valence-electron chi connectivity index (χ4n) is 4.40. The molecule has 0 radical (unpaired) electrons. The number of hydrogen-bond donors (Lipinski definition) is 3. The molecule has 0 fully saturated rings. The van der Waals surface area contributed by atoms with Crippen molar-refractivity contribution in [2.75, 3.05) is 7.11 Å². The largest absolute Gasteiger partial charge is 0.496 e. The summed E-state index contributed by atoms with van der Waals surface area (Å²) in [5, 5.41) is 45.0. The quantitative estimate of drug-likeness (QED) is 0.192. The van der Waals surface area contributed by atoms with E-state index in [4.69, 9.17) is 4.74 Å². The van der Waals surface area contributed by atoms with Gasteiger partial charge in [-0.25, -0.2) is 23.9 Å². The molecule has 0 aliphatic carbocycles. The lowest BCUT2D eigenvalue weighted by Crippen LogP contribution is -2.05. The molecule has 3 N–H and O–H groups in total. The third kappa shape index (κ3) is 5.85. The fraction of sp³-hybridized carbons (Fsp3) is 0.172. The first-order valence-electron chi connectivity index (χ1n) is 13.0. The van der Waals surface area contributed by atoms with Gasteiger partial charge in [-0.3, -0.25) is 4.79 Å². The molecular formula is C29H25N7O7. The van der Waals surface area contributed by atoms with Gasteiger partial charge in [-0.1, -0.05) is 17.4 Å². The maximum Gasteiger partial charge on any atom is 0.339 e. The van der Waals surface area contributed by atoms with Crippen LogP contribution in [-0.4, -0.2) is 75.1 Å². The summed E-state index contributed by atoms with van der Waals surface area (Å²) in [6.45, 7) is 1.43. The van der Waals surface area contributed by atoms with Crippen molar-refractivity contribution in [2.45, 2.75) is 26.4 Å². The van der Waals surface area contributed by atoms with E-state index >= 15 is 0 Å². The summed E-state index contributed by atoms with van der Waals surface area (Å²) >= 11 is 0. The molecule has 0 saturated carbocycles. The summed E-state index contributed by atoms with van der Waals surface area (Å²) in [6, 6.07) is 12.1. The van der Waals surface area contributed by atoms with Crippen LogP contribution in [0.5, 0.6) is 5.75 Å². The Balaban J connectivity index is 1.53. The lowest BCUT2D eigenvalue weighted by molar-refractivity contribution is 0.0682. The predicted octanol–water partition coefficient (Wildman–Crippen LogP) is 3.46. The van der Waals surface area contributed by atoms with E-state index in [1.54, 1.807) is 30.6 Å². The van der Waals surface area contributed by atoms with E-state index in [1.165, 1.54) is 46.8 Å². The van der Waals surface area contributed by atoms with E-state index in [2.05, 4.69) is 25.6 Å². The van der Waals surface area contributed by atoms with Crippen LogP contribution >= 0.6 is 0 Å². The highest BCUT2D eigenvalue weighted by Gasteiger charge is 2.18. The highest BCUT2D eigenvalue weighted by molar-refractivity contribution is 5.97. The molecular weight excluding hydrogens is 558 g/mol. The number of hydrogen-bond acceptors (Lipinski definition) is 10. The SMILES string of the molecule is CCCC(=O)c1cc(-c2cn(-c3ccc(C(=O)O)c(CO)c3)nn2)nc(-c2cn(-c3ccc(C(=O)O)c(OC)c3)nn2)c1. The normalized spacial score (nSPS) is 11.0. The van der Waals surface area contributed by atoms with E-state index in [-0.39, 0.29) is 28.2 Å². The number of carboxylic acid groups (broad SMARTS) is 2. The minimum absolute atomic E-state index is 0.00139. The van der Waals surface area contributed by atoms with Crippen LogP contribution in [0.4, 0.5) is 0 Å². The van der Waals surface area contributed by atoms with Gasteiger partial charge in [0.05, 0.1) is 54.4 Å². The number of rotatable bonds is 11. The van der Waals surface area contributed by atoms with Crippen molar-refractivity contribution in [1.82, 2.24) is 35.0 Å². The molecule has 0 aliphatic heterocycles. The van der Waals surface area contributed by atoms with Gasteiger partial charge in [0.1, 0.15) is 22.7 Å². The van der Waals surface area contributed by atoms with Crippen molar-refractivity contribution in [3.05, 3.63) is 83.2 Å². The average Bonchev–Trinajstić information content (AvgIpc) is 3.71. The van der Waals surface area contributed by atoms with E-state index in [0.29, 0.717) is 52.6 Å². The Hall–Kier alpha value is -5.76. The molecule has 0 saturated heterocycles. The van der Waals surface area contributed by atoms with Crippen LogP contribution in [0.1, 0.15) is 56.4 Å². The van der Waals surface area contributed by atoms with Gasteiger partial charge in [-0.2, -0.15) is 0 Å². The maximum absolute atomic E-state index is 12.9. The fourth-order valence-corrected chi connectivity index (χ4v) is 4.40. The Morgan fingerprint density at radius 3 is 1.86 bits per heavy atom. The highest BCUT2D eigenvalue weighted by Crippen LogP contribution is 2.27. The minimum Gasteiger partial charge on any atom is -0.496 e. The van der Waals surface area contributed by atoms with E-state index in [1.807, 2.05) is 6.92 Å². The van der Waals surface area contributed by atoms with Gasteiger partial charge < -0.3 is 20.1 Å². The van der Waals surface area contributed by atoms with Gasteiger partial charge in [-0.05, 0) is 54.4 Å².